The van der Waals surface area contributed by atoms with Gasteiger partial charge in [0.2, 0.25) is 0 Å². The molecular formula is C22H21N7O3. The number of benzene rings is 1. The standard InChI is InChI=1S/C22H21N7O3/c1-13(2)27-22(32)20-9-16(30)8-19(28-20)21(31)25-10-14-11-26-29(12-14)15-3-4-17-18(7-15)24-6-5-23-17/h3-9,11-13H,10H2,1-2H3,(H,25,31)(H,27,32)(H,28,30). The van der Waals surface area contributed by atoms with Crippen LogP contribution in [0, 0.1) is 0 Å². The van der Waals surface area contributed by atoms with Crippen LogP contribution in [0.5, 0.6) is 0 Å². The minimum absolute atomic E-state index is 0.00639. The highest BCUT2D eigenvalue weighted by Gasteiger charge is 2.14. The summed E-state index contributed by atoms with van der Waals surface area (Å²) >= 11 is 0. The molecule has 0 saturated heterocycles. The predicted molar refractivity (Wildman–Crippen MR) is 117 cm³/mol. The zero-order valence-corrected chi connectivity index (χ0v) is 17.5. The monoisotopic (exact) mass is 431 g/mol. The van der Waals surface area contributed by atoms with E-state index in [9.17, 15) is 14.4 Å². The molecule has 0 aliphatic heterocycles. The van der Waals surface area contributed by atoms with Crippen molar-refractivity contribution in [1.29, 1.82) is 0 Å². The lowest BCUT2D eigenvalue weighted by Crippen LogP contribution is -2.33. The first-order chi connectivity index (χ1) is 15.4. The minimum Gasteiger partial charge on any atom is -0.349 e. The molecule has 0 aliphatic rings. The van der Waals surface area contributed by atoms with Crippen LogP contribution in [0.3, 0.4) is 0 Å². The molecule has 0 unspecified atom stereocenters. The van der Waals surface area contributed by atoms with Gasteiger partial charge in [-0.15, -0.1) is 0 Å². The van der Waals surface area contributed by atoms with Gasteiger partial charge in [0, 0.05) is 48.9 Å². The smallest absolute Gasteiger partial charge is 0.268 e. The Morgan fingerprint density at radius 2 is 1.75 bits per heavy atom. The van der Waals surface area contributed by atoms with Gasteiger partial charge in [0.15, 0.2) is 5.43 Å². The van der Waals surface area contributed by atoms with Gasteiger partial charge >= 0.3 is 0 Å². The van der Waals surface area contributed by atoms with Crippen molar-refractivity contribution in [2.75, 3.05) is 0 Å². The molecule has 162 valence electrons. The van der Waals surface area contributed by atoms with Crippen LogP contribution in [0.2, 0.25) is 0 Å². The van der Waals surface area contributed by atoms with Crippen molar-refractivity contribution in [1.82, 2.24) is 35.4 Å². The SMILES string of the molecule is CC(C)NC(=O)c1cc(=O)cc(C(=O)NCc2cnn(-c3ccc4nccnc4c3)c2)[nH]1. The van der Waals surface area contributed by atoms with Crippen LogP contribution in [0.1, 0.15) is 40.4 Å². The second-order valence-corrected chi connectivity index (χ2v) is 7.48. The number of aromatic nitrogens is 5. The highest BCUT2D eigenvalue weighted by molar-refractivity contribution is 5.96. The zero-order valence-electron chi connectivity index (χ0n) is 17.5. The summed E-state index contributed by atoms with van der Waals surface area (Å²) in [6.45, 7) is 3.80. The third-order valence-corrected chi connectivity index (χ3v) is 4.56. The Morgan fingerprint density at radius 1 is 1.03 bits per heavy atom. The normalized spacial score (nSPS) is 11.0. The van der Waals surface area contributed by atoms with E-state index >= 15 is 0 Å². The molecule has 10 nitrogen and oxygen atoms in total. The number of amides is 2. The molecular weight excluding hydrogens is 410 g/mol. The van der Waals surface area contributed by atoms with E-state index in [2.05, 4.69) is 30.7 Å². The lowest BCUT2D eigenvalue weighted by molar-refractivity contribution is 0.0936. The maximum Gasteiger partial charge on any atom is 0.268 e. The highest BCUT2D eigenvalue weighted by Crippen LogP contribution is 2.14. The van der Waals surface area contributed by atoms with Crippen LogP contribution in [0.4, 0.5) is 0 Å². The van der Waals surface area contributed by atoms with E-state index in [0.29, 0.717) is 0 Å². The summed E-state index contributed by atoms with van der Waals surface area (Å²) in [5, 5.41) is 9.74. The molecule has 2 amide bonds. The highest BCUT2D eigenvalue weighted by atomic mass is 16.2. The van der Waals surface area contributed by atoms with Crippen LogP contribution in [-0.2, 0) is 6.54 Å². The number of nitrogens with one attached hydrogen (secondary N) is 3. The van der Waals surface area contributed by atoms with Crippen molar-refractivity contribution in [2.24, 2.45) is 0 Å². The molecule has 0 saturated carbocycles. The molecule has 0 radical (unpaired) electrons. The van der Waals surface area contributed by atoms with Gasteiger partial charge in [-0.25, -0.2) is 4.68 Å². The van der Waals surface area contributed by atoms with Crippen LogP contribution in [0.25, 0.3) is 16.7 Å². The van der Waals surface area contributed by atoms with Crippen LogP contribution < -0.4 is 16.1 Å². The maximum atomic E-state index is 12.5. The maximum absolute atomic E-state index is 12.5. The van der Waals surface area contributed by atoms with Gasteiger partial charge in [-0.3, -0.25) is 24.4 Å². The minimum atomic E-state index is -0.505. The van der Waals surface area contributed by atoms with E-state index in [4.69, 9.17) is 0 Å². The fraction of sp³-hybridized carbons (Fsp3) is 0.182. The number of H-pyrrole nitrogens is 1. The molecule has 4 aromatic rings. The predicted octanol–water partition coefficient (Wildman–Crippen LogP) is 1.57. The second kappa shape index (κ2) is 8.80. The largest absolute Gasteiger partial charge is 0.349 e. The van der Waals surface area contributed by atoms with Gasteiger partial charge < -0.3 is 15.6 Å². The lowest BCUT2D eigenvalue weighted by Gasteiger charge is -2.09. The van der Waals surface area contributed by atoms with E-state index in [1.54, 1.807) is 43.3 Å². The summed E-state index contributed by atoms with van der Waals surface area (Å²) in [4.78, 5) is 47.9. The Morgan fingerprint density at radius 3 is 2.50 bits per heavy atom. The number of aromatic amines is 1. The molecule has 1 aromatic carbocycles. The van der Waals surface area contributed by atoms with Gasteiger partial charge in [0.1, 0.15) is 11.4 Å². The summed E-state index contributed by atoms with van der Waals surface area (Å²) < 4.78 is 1.67. The van der Waals surface area contributed by atoms with Gasteiger partial charge in [-0.1, -0.05) is 0 Å². The first-order valence-electron chi connectivity index (χ1n) is 9.97. The summed E-state index contributed by atoms with van der Waals surface area (Å²) in [6, 6.07) is 7.82. The topological polar surface area (TPSA) is 135 Å². The fourth-order valence-electron chi connectivity index (χ4n) is 3.09. The number of carbonyl (C=O) groups excluding carboxylic acids is 2. The molecule has 3 N–H and O–H groups in total. The molecule has 4 rings (SSSR count). The molecule has 0 fully saturated rings. The van der Waals surface area contributed by atoms with Gasteiger partial charge in [0.05, 0.1) is 22.9 Å². The first kappa shape index (κ1) is 20.9. The van der Waals surface area contributed by atoms with E-state index in [1.165, 1.54) is 0 Å². The van der Waals surface area contributed by atoms with Gasteiger partial charge in [-0.2, -0.15) is 5.10 Å². The van der Waals surface area contributed by atoms with E-state index in [0.717, 1.165) is 34.4 Å². The van der Waals surface area contributed by atoms with Crippen LogP contribution in [0.15, 0.2) is 59.9 Å². The van der Waals surface area contributed by atoms with Crippen molar-refractivity contribution in [3.05, 3.63) is 82.3 Å². The molecule has 3 aromatic heterocycles. The summed E-state index contributed by atoms with van der Waals surface area (Å²) in [6.07, 6.45) is 6.68. The van der Waals surface area contributed by atoms with Crippen molar-refractivity contribution >= 4 is 22.8 Å². The number of hydrogen-bond donors (Lipinski definition) is 3. The van der Waals surface area contributed by atoms with Crippen molar-refractivity contribution in [3.8, 4) is 5.69 Å². The average Bonchev–Trinajstić information content (AvgIpc) is 3.25. The summed E-state index contributed by atoms with van der Waals surface area (Å²) in [7, 11) is 0. The summed E-state index contributed by atoms with van der Waals surface area (Å²) in [5.74, 6) is -0.955. The second-order valence-electron chi connectivity index (χ2n) is 7.48. The molecule has 3 heterocycles. The number of rotatable bonds is 6. The summed E-state index contributed by atoms with van der Waals surface area (Å²) in [5.41, 5.74) is 2.71. The van der Waals surface area contributed by atoms with Crippen molar-refractivity contribution < 1.29 is 9.59 Å². The quantitative estimate of drug-likeness (QED) is 0.424. The van der Waals surface area contributed by atoms with Crippen molar-refractivity contribution in [2.45, 2.75) is 26.4 Å². The molecule has 10 heteroatoms. The lowest BCUT2D eigenvalue weighted by atomic mass is 10.2. The Kier molecular flexibility index (Phi) is 5.75. The average molecular weight is 431 g/mol. The van der Waals surface area contributed by atoms with E-state index in [1.807, 2.05) is 18.2 Å². The number of nitrogens with zero attached hydrogens (tertiary/aromatic N) is 4. The Bertz CT molecular complexity index is 1360. The molecule has 0 bridgehead atoms. The number of carbonyl (C=O) groups is 2. The van der Waals surface area contributed by atoms with Crippen LogP contribution >= 0.6 is 0 Å². The zero-order chi connectivity index (χ0) is 22.7. The van der Waals surface area contributed by atoms with E-state index in [-0.39, 0.29) is 24.0 Å². The third-order valence-electron chi connectivity index (χ3n) is 4.56. The fourth-order valence-corrected chi connectivity index (χ4v) is 3.09. The van der Waals surface area contributed by atoms with E-state index < -0.39 is 17.2 Å². The molecule has 0 atom stereocenters. The number of hydrogen-bond acceptors (Lipinski definition) is 6. The Labute approximate surface area is 182 Å². The molecule has 32 heavy (non-hydrogen) atoms. The first-order valence-corrected chi connectivity index (χ1v) is 9.97. The van der Waals surface area contributed by atoms with Gasteiger partial charge in [-0.05, 0) is 32.0 Å². The number of pyridine rings is 1. The van der Waals surface area contributed by atoms with Gasteiger partial charge in [0.25, 0.3) is 11.8 Å². The van der Waals surface area contributed by atoms with Crippen molar-refractivity contribution in [3.63, 3.8) is 0 Å². The van der Waals surface area contributed by atoms with Crippen LogP contribution in [-0.4, -0.2) is 42.6 Å². The number of fused-ring (bicyclic) bond motifs is 1. The molecule has 0 aliphatic carbocycles. The third kappa shape index (κ3) is 4.69. The molecule has 0 spiro atoms. The Balaban J connectivity index is 1.45. The Hall–Kier alpha value is -4.34.